The maximum atomic E-state index is 11.8. The van der Waals surface area contributed by atoms with Gasteiger partial charge in [-0.1, -0.05) is 13.8 Å². The number of carbonyl (C=O) groups is 2. The Kier molecular flexibility index (Phi) is 4.12. The molecular formula is C11H19NO3. The lowest BCUT2D eigenvalue weighted by molar-refractivity contribution is -0.145. The predicted molar refractivity (Wildman–Crippen MR) is 56.2 cm³/mol. The van der Waals surface area contributed by atoms with Crippen LogP contribution in [0.15, 0.2) is 0 Å². The summed E-state index contributed by atoms with van der Waals surface area (Å²) in [6.07, 6.45) is 1.58. The molecule has 0 bridgehead atoms. The van der Waals surface area contributed by atoms with Gasteiger partial charge in [0, 0.05) is 19.0 Å². The van der Waals surface area contributed by atoms with Gasteiger partial charge in [0.15, 0.2) is 0 Å². The van der Waals surface area contributed by atoms with Crippen LogP contribution in [0.1, 0.15) is 26.7 Å². The Morgan fingerprint density at radius 2 is 2.20 bits per heavy atom. The summed E-state index contributed by atoms with van der Waals surface area (Å²) in [5.41, 5.74) is 0. The molecule has 4 nitrogen and oxygen atoms in total. The van der Waals surface area contributed by atoms with Crippen LogP contribution in [0.25, 0.3) is 0 Å². The van der Waals surface area contributed by atoms with Gasteiger partial charge in [0.1, 0.15) is 0 Å². The molecule has 1 aliphatic heterocycles. The fraction of sp³-hybridized carbons (Fsp3) is 0.818. The lowest BCUT2D eigenvalue weighted by Gasteiger charge is -2.19. The van der Waals surface area contributed by atoms with Crippen LogP contribution in [0.2, 0.25) is 0 Å². The van der Waals surface area contributed by atoms with Crippen LogP contribution in [0.3, 0.4) is 0 Å². The van der Waals surface area contributed by atoms with Gasteiger partial charge in [-0.05, 0) is 12.8 Å². The lowest BCUT2D eigenvalue weighted by atomic mass is 10.1. The van der Waals surface area contributed by atoms with E-state index in [-0.39, 0.29) is 23.7 Å². The zero-order valence-corrected chi connectivity index (χ0v) is 9.66. The molecule has 0 aromatic heterocycles. The minimum absolute atomic E-state index is 0.0568. The zero-order valence-electron chi connectivity index (χ0n) is 9.66. The highest BCUT2D eigenvalue weighted by Gasteiger charge is 2.32. The molecule has 0 aromatic rings. The second kappa shape index (κ2) is 5.14. The number of hydrogen-bond donors (Lipinski definition) is 0. The summed E-state index contributed by atoms with van der Waals surface area (Å²) in [6.45, 7) is 5.13. The van der Waals surface area contributed by atoms with Gasteiger partial charge in [0.05, 0.1) is 13.0 Å². The van der Waals surface area contributed by atoms with Crippen LogP contribution >= 0.6 is 0 Å². The van der Waals surface area contributed by atoms with E-state index in [0.717, 1.165) is 12.8 Å². The van der Waals surface area contributed by atoms with E-state index in [1.165, 1.54) is 7.11 Å². The molecule has 1 fully saturated rings. The molecule has 1 rings (SSSR count). The molecule has 15 heavy (non-hydrogen) atoms. The summed E-state index contributed by atoms with van der Waals surface area (Å²) in [7, 11) is 1.39. The topological polar surface area (TPSA) is 46.6 Å². The number of esters is 1. The predicted octanol–water partition coefficient (Wildman–Crippen LogP) is 1.05. The van der Waals surface area contributed by atoms with Crippen molar-refractivity contribution in [3.05, 3.63) is 0 Å². The standard InChI is InChI=1S/C11H19NO3/c1-4-8(2)10(13)12-6-5-9(7-12)11(14)15-3/h8-9H,4-7H2,1-3H3. The summed E-state index contributed by atoms with van der Waals surface area (Å²) < 4.78 is 4.67. The smallest absolute Gasteiger partial charge is 0.310 e. The third kappa shape index (κ3) is 2.70. The minimum atomic E-state index is -0.200. The Morgan fingerprint density at radius 3 is 2.73 bits per heavy atom. The number of hydrogen-bond acceptors (Lipinski definition) is 3. The quantitative estimate of drug-likeness (QED) is 0.658. The molecule has 1 aliphatic rings. The summed E-state index contributed by atoms with van der Waals surface area (Å²) in [5, 5.41) is 0. The molecule has 1 heterocycles. The van der Waals surface area contributed by atoms with E-state index in [0.29, 0.717) is 13.1 Å². The second-order valence-corrected chi connectivity index (χ2v) is 4.10. The van der Waals surface area contributed by atoms with Crippen molar-refractivity contribution in [2.75, 3.05) is 20.2 Å². The van der Waals surface area contributed by atoms with Crippen molar-refractivity contribution >= 4 is 11.9 Å². The molecule has 0 spiro atoms. The summed E-state index contributed by atoms with van der Waals surface area (Å²) in [4.78, 5) is 24.8. The molecule has 2 atom stereocenters. The number of ether oxygens (including phenoxy) is 1. The van der Waals surface area contributed by atoms with Gasteiger partial charge in [0.25, 0.3) is 0 Å². The van der Waals surface area contributed by atoms with Crippen molar-refractivity contribution in [1.82, 2.24) is 4.90 Å². The molecular weight excluding hydrogens is 194 g/mol. The van der Waals surface area contributed by atoms with E-state index in [1.54, 1.807) is 4.90 Å². The number of likely N-dealkylation sites (tertiary alicyclic amines) is 1. The highest BCUT2D eigenvalue weighted by Crippen LogP contribution is 2.20. The van der Waals surface area contributed by atoms with E-state index in [9.17, 15) is 9.59 Å². The Labute approximate surface area is 90.6 Å². The number of methoxy groups -OCH3 is 1. The third-order valence-corrected chi connectivity index (χ3v) is 3.07. The van der Waals surface area contributed by atoms with Crippen molar-refractivity contribution in [3.63, 3.8) is 0 Å². The molecule has 4 heteroatoms. The van der Waals surface area contributed by atoms with Gasteiger partial charge in [-0.3, -0.25) is 9.59 Å². The fourth-order valence-electron chi connectivity index (χ4n) is 1.81. The number of rotatable bonds is 3. The molecule has 0 saturated carbocycles. The van der Waals surface area contributed by atoms with Gasteiger partial charge in [-0.2, -0.15) is 0 Å². The highest BCUT2D eigenvalue weighted by atomic mass is 16.5. The van der Waals surface area contributed by atoms with Gasteiger partial charge < -0.3 is 9.64 Å². The molecule has 86 valence electrons. The second-order valence-electron chi connectivity index (χ2n) is 4.10. The number of nitrogens with zero attached hydrogens (tertiary/aromatic N) is 1. The van der Waals surface area contributed by atoms with Crippen molar-refractivity contribution in [3.8, 4) is 0 Å². The molecule has 0 radical (unpaired) electrons. The third-order valence-electron chi connectivity index (χ3n) is 3.07. The van der Waals surface area contributed by atoms with Crippen LogP contribution in [0, 0.1) is 11.8 Å². The van der Waals surface area contributed by atoms with Gasteiger partial charge in [0.2, 0.25) is 5.91 Å². The van der Waals surface area contributed by atoms with Crippen LogP contribution in [-0.2, 0) is 14.3 Å². The summed E-state index contributed by atoms with van der Waals surface area (Å²) in [5.74, 6) is -0.109. The van der Waals surface area contributed by atoms with E-state index in [2.05, 4.69) is 4.74 Å². The summed E-state index contributed by atoms with van der Waals surface area (Å²) in [6, 6.07) is 0. The number of carbonyl (C=O) groups excluding carboxylic acids is 2. The Morgan fingerprint density at radius 1 is 1.53 bits per heavy atom. The first-order chi connectivity index (χ1) is 7.10. The molecule has 0 aliphatic carbocycles. The zero-order chi connectivity index (χ0) is 11.4. The Balaban J connectivity index is 2.49. The SMILES string of the molecule is CCC(C)C(=O)N1CCC(C(=O)OC)C1. The Bertz CT molecular complexity index is 252. The first-order valence-electron chi connectivity index (χ1n) is 5.46. The van der Waals surface area contributed by atoms with Crippen molar-refractivity contribution < 1.29 is 14.3 Å². The van der Waals surface area contributed by atoms with Gasteiger partial charge in [-0.15, -0.1) is 0 Å². The lowest BCUT2D eigenvalue weighted by Crippen LogP contribution is -2.34. The normalized spacial score (nSPS) is 22.6. The molecule has 1 saturated heterocycles. The Hall–Kier alpha value is -1.06. The van der Waals surface area contributed by atoms with Crippen molar-refractivity contribution in [1.29, 1.82) is 0 Å². The molecule has 0 N–H and O–H groups in total. The first-order valence-corrected chi connectivity index (χ1v) is 5.46. The van der Waals surface area contributed by atoms with E-state index < -0.39 is 0 Å². The van der Waals surface area contributed by atoms with Gasteiger partial charge >= 0.3 is 5.97 Å². The van der Waals surface area contributed by atoms with Gasteiger partial charge in [-0.25, -0.2) is 0 Å². The van der Waals surface area contributed by atoms with E-state index in [4.69, 9.17) is 0 Å². The van der Waals surface area contributed by atoms with Crippen molar-refractivity contribution in [2.24, 2.45) is 11.8 Å². The largest absolute Gasteiger partial charge is 0.469 e. The van der Waals surface area contributed by atoms with Crippen molar-refractivity contribution in [2.45, 2.75) is 26.7 Å². The molecule has 2 unspecified atom stereocenters. The van der Waals surface area contributed by atoms with Crippen LogP contribution < -0.4 is 0 Å². The fourth-order valence-corrected chi connectivity index (χ4v) is 1.81. The highest BCUT2D eigenvalue weighted by molar-refractivity contribution is 5.80. The van der Waals surface area contributed by atoms with E-state index >= 15 is 0 Å². The maximum Gasteiger partial charge on any atom is 0.310 e. The molecule has 0 aromatic carbocycles. The average molecular weight is 213 g/mol. The number of amides is 1. The minimum Gasteiger partial charge on any atom is -0.469 e. The summed E-state index contributed by atoms with van der Waals surface area (Å²) >= 11 is 0. The van der Waals surface area contributed by atoms with Crippen LogP contribution in [0.5, 0.6) is 0 Å². The van der Waals surface area contributed by atoms with Crippen LogP contribution in [0.4, 0.5) is 0 Å². The maximum absolute atomic E-state index is 11.8. The van der Waals surface area contributed by atoms with E-state index in [1.807, 2.05) is 13.8 Å². The van der Waals surface area contributed by atoms with Crippen LogP contribution in [-0.4, -0.2) is 37.0 Å². The monoisotopic (exact) mass is 213 g/mol. The first kappa shape index (κ1) is 12.0. The average Bonchev–Trinajstić information content (AvgIpc) is 2.75. The molecule has 1 amide bonds.